The molecule has 0 N–H and O–H groups in total. The number of hydrogen-bond acceptors (Lipinski definition) is 1. The number of allylic oxidation sites excluding steroid dienone is 3. The van der Waals surface area contributed by atoms with Gasteiger partial charge < -0.3 is 0 Å². The summed E-state index contributed by atoms with van der Waals surface area (Å²) in [6.45, 7) is 14.7. The third-order valence-electron chi connectivity index (χ3n) is 10.7. The summed E-state index contributed by atoms with van der Waals surface area (Å²) in [7, 11) is 0. The summed E-state index contributed by atoms with van der Waals surface area (Å²) >= 11 is 0. The van der Waals surface area contributed by atoms with Gasteiger partial charge in [-0.2, -0.15) is 0 Å². The van der Waals surface area contributed by atoms with E-state index in [2.05, 4.69) is 59.8 Å². The molecule has 4 rings (SSSR count). The largest absolute Gasteiger partial charge is 0.295 e. The van der Waals surface area contributed by atoms with E-state index >= 15 is 0 Å². The Morgan fingerprint density at radius 3 is 2.47 bits per heavy atom. The lowest BCUT2D eigenvalue weighted by atomic mass is 9.46. The number of hydrogen-bond donors (Lipinski definition) is 0. The van der Waals surface area contributed by atoms with Gasteiger partial charge in [-0.15, -0.1) is 0 Å². The molecule has 0 aromatic rings. The quantitative estimate of drug-likeness (QED) is 0.419. The molecule has 0 radical (unpaired) electrons. The van der Waals surface area contributed by atoms with Crippen LogP contribution in [0.3, 0.4) is 0 Å². The van der Waals surface area contributed by atoms with E-state index < -0.39 is 0 Å². The topological polar surface area (TPSA) is 17.1 Å². The average Bonchev–Trinajstić information content (AvgIpc) is 3.06. The van der Waals surface area contributed by atoms with Gasteiger partial charge in [0.1, 0.15) is 0 Å². The van der Waals surface area contributed by atoms with Gasteiger partial charge in [-0.05, 0) is 110 Å². The van der Waals surface area contributed by atoms with Crippen LogP contribution < -0.4 is 0 Å². The molecule has 30 heavy (non-hydrogen) atoms. The van der Waals surface area contributed by atoms with Gasteiger partial charge in [0.2, 0.25) is 0 Å². The van der Waals surface area contributed by atoms with Crippen molar-refractivity contribution in [2.45, 2.75) is 99.3 Å². The lowest BCUT2D eigenvalue weighted by molar-refractivity contribution is -0.117. The van der Waals surface area contributed by atoms with Gasteiger partial charge in [0.15, 0.2) is 5.78 Å². The zero-order valence-corrected chi connectivity index (χ0v) is 20.5. The highest BCUT2D eigenvalue weighted by Crippen LogP contribution is 2.67. The van der Waals surface area contributed by atoms with E-state index in [1.54, 1.807) is 0 Å². The molecule has 3 saturated carbocycles. The summed E-state index contributed by atoms with van der Waals surface area (Å²) in [5.74, 6) is 6.01. The molecule has 1 nitrogen and oxygen atoms in total. The van der Waals surface area contributed by atoms with Crippen LogP contribution in [0.5, 0.6) is 0 Å². The van der Waals surface area contributed by atoms with Gasteiger partial charge in [0, 0.05) is 6.42 Å². The van der Waals surface area contributed by atoms with Crippen molar-refractivity contribution in [3.63, 3.8) is 0 Å². The Bertz CT molecular complexity index is 714. The molecule has 0 aromatic carbocycles. The lowest BCUT2D eigenvalue weighted by Crippen LogP contribution is -2.50. The number of carbonyl (C=O) groups is 1. The van der Waals surface area contributed by atoms with Crippen LogP contribution in [0.15, 0.2) is 23.8 Å². The van der Waals surface area contributed by atoms with E-state index in [0.717, 1.165) is 48.3 Å². The summed E-state index contributed by atoms with van der Waals surface area (Å²) in [6.07, 6.45) is 18.5. The minimum Gasteiger partial charge on any atom is -0.295 e. The van der Waals surface area contributed by atoms with Crippen molar-refractivity contribution in [2.75, 3.05) is 0 Å². The Morgan fingerprint density at radius 1 is 1.00 bits per heavy atom. The van der Waals surface area contributed by atoms with Crippen LogP contribution in [0.25, 0.3) is 0 Å². The Balaban J connectivity index is 1.52. The number of fused-ring (bicyclic) bond motifs is 5. The van der Waals surface area contributed by atoms with Crippen molar-refractivity contribution in [1.82, 2.24) is 0 Å². The second-order valence-corrected chi connectivity index (χ2v) is 12.3. The normalized spacial score (nSPS) is 43.2. The highest BCUT2D eigenvalue weighted by Gasteiger charge is 2.59. The first-order valence-electron chi connectivity index (χ1n) is 13.1. The van der Waals surface area contributed by atoms with E-state index in [1.807, 2.05) is 0 Å². The van der Waals surface area contributed by atoms with Gasteiger partial charge >= 0.3 is 0 Å². The molecule has 8 atom stereocenters. The molecule has 4 aliphatic rings. The third kappa shape index (κ3) is 3.57. The molecule has 3 fully saturated rings. The van der Waals surface area contributed by atoms with Gasteiger partial charge in [0.25, 0.3) is 0 Å². The van der Waals surface area contributed by atoms with E-state index in [1.165, 1.54) is 50.5 Å². The molecule has 0 amide bonds. The van der Waals surface area contributed by atoms with Crippen LogP contribution in [0, 0.1) is 52.3 Å². The molecule has 0 aromatic heterocycles. The first-order valence-corrected chi connectivity index (χ1v) is 13.1. The highest BCUT2D eigenvalue weighted by molar-refractivity contribution is 5.91. The number of ketones is 1. The van der Waals surface area contributed by atoms with E-state index in [4.69, 9.17) is 0 Å². The van der Waals surface area contributed by atoms with E-state index in [0.29, 0.717) is 22.5 Å². The standard InChI is InChI=1S/C29H46O/c1-7-21(19(2)3)9-8-20(4)25-12-13-26-24-11-10-22-18-23(30)14-16-28(22,5)27(24)15-17-29(25,26)6/h8-9,18-21,24-27H,7,10-17H2,1-6H3/b9-8+/t20-,21-,24+,25-,26-,27+,28+,29-/m1/s1. The molecule has 4 aliphatic carbocycles. The second kappa shape index (κ2) is 8.25. The maximum absolute atomic E-state index is 12.1. The van der Waals surface area contributed by atoms with Crippen molar-refractivity contribution in [3.8, 4) is 0 Å². The van der Waals surface area contributed by atoms with Crippen LogP contribution in [0.4, 0.5) is 0 Å². The molecular weight excluding hydrogens is 364 g/mol. The fourth-order valence-electron chi connectivity index (χ4n) is 8.75. The fourth-order valence-corrected chi connectivity index (χ4v) is 8.75. The van der Waals surface area contributed by atoms with E-state index in [-0.39, 0.29) is 0 Å². The predicted octanol–water partition coefficient (Wildman–Crippen LogP) is 8.01. The monoisotopic (exact) mass is 410 g/mol. The van der Waals surface area contributed by atoms with Crippen LogP contribution in [-0.4, -0.2) is 5.78 Å². The summed E-state index contributed by atoms with van der Waals surface area (Å²) in [4.78, 5) is 12.1. The fraction of sp³-hybridized carbons (Fsp3) is 0.828. The first-order chi connectivity index (χ1) is 14.2. The predicted molar refractivity (Wildman–Crippen MR) is 127 cm³/mol. The molecular formula is C29H46O. The van der Waals surface area contributed by atoms with Crippen molar-refractivity contribution >= 4 is 5.78 Å². The smallest absolute Gasteiger partial charge is 0.155 e. The van der Waals surface area contributed by atoms with Gasteiger partial charge in [0.05, 0.1) is 0 Å². The highest BCUT2D eigenvalue weighted by atomic mass is 16.1. The Hall–Kier alpha value is -0.850. The second-order valence-electron chi connectivity index (χ2n) is 12.3. The minimum absolute atomic E-state index is 0.313. The van der Waals surface area contributed by atoms with Crippen LogP contribution in [0.1, 0.15) is 99.3 Å². The molecule has 0 aliphatic heterocycles. The molecule has 0 spiro atoms. The minimum atomic E-state index is 0.313. The van der Waals surface area contributed by atoms with Gasteiger partial charge in [-0.3, -0.25) is 4.79 Å². The Kier molecular flexibility index (Phi) is 6.15. The molecule has 0 unspecified atom stereocenters. The molecule has 168 valence electrons. The van der Waals surface area contributed by atoms with Crippen LogP contribution in [-0.2, 0) is 4.79 Å². The average molecular weight is 411 g/mol. The summed E-state index contributed by atoms with van der Waals surface area (Å²) in [6, 6.07) is 0. The molecule has 0 saturated heterocycles. The number of rotatable bonds is 5. The van der Waals surface area contributed by atoms with Crippen molar-refractivity contribution in [3.05, 3.63) is 23.8 Å². The molecule has 0 heterocycles. The van der Waals surface area contributed by atoms with Crippen molar-refractivity contribution < 1.29 is 4.79 Å². The maximum atomic E-state index is 12.1. The summed E-state index contributed by atoms with van der Waals surface area (Å²) in [5.41, 5.74) is 2.34. The van der Waals surface area contributed by atoms with Crippen molar-refractivity contribution in [1.29, 1.82) is 0 Å². The van der Waals surface area contributed by atoms with Gasteiger partial charge in [-0.1, -0.05) is 59.3 Å². The first kappa shape index (κ1) is 22.3. The van der Waals surface area contributed by atoms with Crippen molar-refractivity contribution in [2.24, 2.45) is 52.3 Å². The zero-order chi connectivity index (χ0) is 21.7. The zero-order valence-electron chi connectivity index (χ0n) is 20.5. The SMILES string of the molecule is CC[C@H](/C=C/[C@@H](C)[C@H]1CC[C@@H]2[C@@H]3CCC4=CC(=O)CC[C@]4(C)[C@H]3CC[C@@]21C)C(C)C. The van der Waals surface area contributed by atoms with E-state index in [9.17, 15) is 4.79 Å². The molecule has 1 heteroatoms. The third-order valence-corrected chi connectivity index (χ3v) is 10.7. The number of carbonyl (C=O) groups excluding carboxylic acids is 1. The Labute approximate surface area is 186 Å². The van der Waals surface area contributed by atoms with Crippen LogP contribution in [0.2, 0.25) is 0 Å². The Morgan fingerprint density at radius 2 is 1.77 bits per heavy atom. The van der Waals surface area contributed by atoms with Crippen LogP contribution >= 0.6 is 0 Å². The molecule has 0 bridgehead atoms. The van der Waals surface area contributed by atoms with Gasteiger partial charge in [-0.25, -0.2) is 0 Å². The summed E-state index contributed by atoms with van der Waals surface area (Å²) < 4.78 is 0. The lowest BCUT2D eigenvalue weighted by Gasteiger charge is -2.58. The summed E-state index contributed by atoms with van der Waals surface area (Å²) in [5, 5.41) is 0. The maximum Gasteiger partial charge on any atom is 0.155 e.